The Kier molecular flexibility index (Phi) is 3.77. The highest BCUT2D eigenvalue weighted by Crippen LogP contribution is 2.29. The summed E-state index contributed by atoms with van der Waals surface area (Å²) in [4.78, 5) is 5.51. The first-order chi connectivity index (χ1) is 8.81. The van der Waals surface area contributed by atoms with Crippen LogP contribution in [0.15, 0.2) is 20.4 Å². The van der Waals surface area contributed by atoms with Crippen LogP contribution in [0.3, 0.4) is 0 Å². The van der Waals surface area contributed by atoms with E-state index in [4.69, 9.17) is 4.52 Å². The minimum Gasteiger partial charge on any atom is -0.339 e. The van der Waals surface area contributed by atoms with E-state index in [1.165, 1.54) is 12.8 Å². The fourth-order valence-corrected chi connectivity index (χ4v) is 3.53. The molecule has 96 valence electrons. The van der Waals surface area contributed by atoms with Gasteiger partial charge in [-0.3, -0.25) is 0 Å². The summed E-state index contributed by atoms with van der Waals surface area (Å²) in [5.41, 5.74) is 0. The van der Waals surface area contributed by atoms with Crippen molar-refractivity contribution in [2.24, 2.45) is 5.92 Å². The van der Waals surface area contributed by atoms with Crippen molar-refractivity contribution in [3.8, 4) is 10.7 Å². The lowest BCUT2D eigenvalue weighted by atomic mass is 9.96. The van der Waals surface area contributed by atoms with Gasteiger partial charge < -0.3 is 9.84 Å². The second-order valence-electron chi connectivity index (χ2n) is 4.53. The van der Waals surface area contributed by atoms with Gasteiger partial charge in [0.15, 0.2) is 0 Å². The second-order valence-corrected chi connectivity index (χ2v) is 6.99. The Morgan fingerprint density at radius 1 is 1.50 bits per heavy atom. The molecule has 4 nitrogen and oxygen atoms in total. The lowest BCUT2D eigenvalue weighted by Gasteiger charge is -2.20. The normalized spacial score (nSPS) is 20.2. The van der Waals surface area contributed by atoms with Gasteiger partial charge in [-0.15, -0.1) is 11.3 Å². The molecule has 2 aromatic rings. The van der Waals surface area contributed by atoms with Crippen molar-refractivity contribution in [2.75, 3.05) is 13.1 Å². The Bertz CT molecular complexity index is 519. The van der Waals surface area contributed by atoms with Crippen LogP contribution < -0.4 is 5.32 Å². The number of piperidine rings is 1. The molecule has 2 aromatic heterocycles. The molecule has 0 radical (unpaired) electrons. The van der Waals surface area contributed by atoms with E-state index in [1.807, 2.05) is 12.1 Å². The van der Waals surface area contributed by atoms with Gasteiger partial charge in [0.25, 0.3) is 0 Å². The number of hydrogen-bond donors (Lipinski definition) is 1. The Morgan fingerprint density at radius 2 is 2.44 bits per heavy atom. The number of nitrogens with one attached hydrogen (secondary N) is 1. The molecule has 1 aliphatic heterocycles. The average molecular weight is 328 g/mol. The fourth-order valence-electron chi connectivity index (χ4n) is 2.22. The Balaban J connectivity index is 1.69. The van der Waals surface area contributed by atoms with Crippen LogP contribution in [0.2, 0.25) is 0 Å². The third kappa shape index (κ3) is 2.81. The number of nitrogens with zero attached hydrogens (tertiary/aromatic N) is 2. The van der Waals surface area contributed by atoms with E-state index in [0.717, 1.165) is 34.1 Å². The van der Waals surface area contributed by atoms with Crippen LogP contribution in [-0.4, -0.2) is 23.2 Å². The van der Waals surface area contributed by atoms with Gasteiger partial charge in [-0.25, -0.2) is 0 Å². The Morgan fingerprint density at radius 3 is 3.17 bits per heavy atom. The number of halogens is 1. The molecule has 0 aromatic carbocycles. The van der Waals surface area contributed by atoms with Gasteiger partial charge in [0.2, 0.25) is 11.7 Å². The molecule has 6 heteroatoms. The fraction of sp³-hybridized carbons (Fsp3) is 0.500. The van der Waals surface area contributed by atoms with Crippen LogP contribution in [0, 0.1) is 5.92 Å². The zero-order chi connectivity index (χ0) is 12.4. The van der Waals surface area contributed by atoms with E-state index >= 15 is 0 Å². The molecule has 1 atom stereocenters. The molecule has 0 amide bonds. The summed E-state index contributed by atoms with van der Waals surface area (Å²) in [6.07, 6.45) is 3.37. The maximum absolute atomic E-state index is 5.33. The summed E-state index contributed by atoms with van der Waals surface area (Å²) >= 11 is 5.06. The first kappa shape index (κ1) is 12.3. The number of thiophene rings is 1. The quantitative estimate of drug-likeness (QED) is 0.941. The van der Waals surface area contributed by atoms with E-state index in [2.05, 4.69) is 31.4 Å². The summed E-state index contributed by atoms with van der Waals surface area (Å²) in [6.45, 7) is 2.19. The minimum absolute atomic E-state index is 0.627. The van der Waals surface area contributed by atoms with Crippen LogP contribution in [-0.2, 0) is 6.42 Å². The van der Waals surface area contributed by atoms with E-state index in [-0.39, 0.29) is 0 Å². The van der Waals surface area contributed by atoms with E-state index in [1.54, 1.807) is 11.3 Å². The maximum Gasteiger partial charge on any atom is 0.227 e. The smallest absolute Gasteiger partial charge is 0.227 e. The molecule has 3 heterocycles. The lowest BCUT2D eigenvalue weighted by Crippen LogP contribution is -2.30. The van der Waals surface area contributed by atoms with Crippen molar-refractivity contribution in [1.82, 2.24) is 15.5 Å². The van der Waals surface area contributed by atoms with Gasteiger partial charge in [0.1, 0.15) is 0 Å². The Hall–Kier alpha value is -0.720. The van der Waals surface area contributed by atoms with Crippen molar-refractivity contribution in [3.05, 3.63) is 21.8 Å². The molecule has 1 saturated heterocycles. The topological polar surface area (TPSA) is 51.0 Å². The van der Waals surface area contributed by atoms with Crippen molar-refractivity contribution >= 4 is 27.3 Å². The van der Waals surface area contributed by atoms with Gasteiger partial charge in [0, 0.05) is 6.42 Å². The van der Waals surface area contributed by atoms with Crippen molar-refractivity contribution in [3.63, 3.8) is 0 Å². The third-order valence-electron chi connectivity index (χ3n) is 3.12. The van der Waals surface area contributed by atoms with Crippen molar-refractivity contribution < 1.29 is 4.52 Å². The molecule has 18 heavy (non-hydrogen) atoms. The van der Waals surface area contributed by atoms with Gasteiger partial charge >= 0.3 is 0 Å². The third-order valence-corrected chi connectivity index (χ3v) is 4.74. The van der Waals surface area contributed by atoms with Crippen molar-refractivity contribution in [2.45, 2.75) is 19.3 Å². The van der Waals surface area contributed by atoms with Crippen LogP contribution in [0.25, 0.3) is 10.7 Å². The van der Waals surface area contributed by atoms with Crippen LogP contribution in [0.4, 0.5) is 0 Å². The molecule has 0 bridgehead atoms. The zero-order valence-electron chi connectivity index (χ0n) is 9.86. The molecule has 1 unspecified atom stereocenters. The SMILES string of the molecule is Brc1ccc(-c2noc(CC3CCCNC3)n2)s1. The molecule has 1 fully saturated rings. The Labute approximate surface area is 118 Å². The summed E-state index contributed by atoms with van der Waals surface area (Å²) in [7, 11) is 0. The molecule has 3 rings (SSSR count). The van der Waals surface area contributed by atoms with Gasteiger partial charge in [-0.1, -0.05) is 5.16 Å². The summed E-state index contributed by atoms with van der Waals surface area (Å²) in [5.74, 6) is 2.08. The second kappa shape index (κ2) is 5.50. The molecular weight excluding hydrogens is 314 g/mol. The monoisotopic (exact) mass is 327 g/mol. The van der Waals surface area contributed by atoms with Gasteiger partial charge in [0.05, 0.1) is 8.66 Å². The average Bonchev–Trinajstić information content (AvgIpc) is 2.99. The molecule has 1 aliphatic rings. The largest absolute Gasteiger partial charge is 0.339 e. The van der Waals surface area contributed by atoms with E-state index in [9.17, 15) is 0 Å². The number of hydrogen-bond acceptors (Lipinski definition) is 5. The number of rotatable bonds is 3. The van der Waals surface area contributed by atoms with Crippen molar-refractivity contribution in [1.29, 1.82) is 0 Å². The van der Waals surface area contributed by atoms with Crippen LogP contribution in [0.1, 0.15) is 18.7 Å². The molecule has 0 aliphatic carbocycles. The predicted octanol–water partition coefficient (Wildman–Crippen LogP) is 3.10. The van der Waals surface area contributed by atoms with E-state index in [0.29, 0.717) is 11.7 Å². The minimum atomic E-state index is 0.627. The maximum atomic E-state index is 5.33. The molecule has 1 N–H and O–H groups in total. The van der Waals surface area contributed by atoms with Crippen LogP contribution >= 0.6 is 27.3 Å². The standard InChI is InChI=1S/C12H14BrN3OS/c13-10-4-3-9(18-10)12-15-11(17-16-12)6-8-2-1-5-14-7-8/h3-4,8,14H,1-2,5-7H2. The molecule has 0 spiro atoms. The molecule has 0 saturated carbocycles. The van der Waals surface area contributed by atoms with E-state index < -0.39 is 0 Å². The van der Waals surface area contributed by atoms with Crippen LogP contribution in [0.5, 0.6) is 0 Å². The highest BCUT2D eigenvalue weighted by molar-refractivity contribution is 9.11. The first-order valence-electron chi connectivity index (χ1n) is 6.10. The highest BCUT2D eigenvalue weighted by atomic mass is 79.9. The van der Waals surface area contributed by atoms with Gasteiger partial charge in [-0.05, 0) is 59.9 Å². The summed E-state index contributed by atoms with van der Waals surface area (Å²) < 4.78 is 6.42. The molecular formula is C12H14BrN3OS. The zero-order valence-corrected chi connectivity index (χ0v) is 12.3. The first-order valence-corrected chi connectivity index (χ1v) is 7.71. The number of aromatic nitrogens is 2. The summed E-state index contributed by atoms with van der Waals surface area (Å²) in [5, 5.41) is 7.45. The summed E-state index contributed by atoms with van der Waals surface area (Å²) in [6, 6.07) is 4.01. The predicted molar refractivity (Wildman–Crippen MR) is 74.6 cm³/mol. The van der Waals surface area contributed by atoms with Gasteiger partial charge in [-0.2, -0.15) is 4.98 Å². The lowest BCUT2D eigenvalue weighted by molar-refractivity contribution is 0.316. The highest BCUT2D eigenvalue weighted by Gasteiger charge is 2.18.